The van der Waals surface area contributed by atoms with E-state index in [-0.39, 0.29) is 11.7 Å². The van der Waals surface area contributed by atoms with Crippen molar-refractivity contribution in [3.8, 4) is 0 Å². The highest BCUT2D eigenvalue weighted by Crippen LogP contribution is 2.22. The Morgan fingerprint density at radius 1 is 1.13 bits per heavy atom. The Labute approximate surface area is 186 Å². The molecular weight excluding hydrogens is 418 g/mol. The fourth-order valence-electron chi connectivity index (χ4n) is 2.96. The molecule has 1 amide bonds. The highest BCUT2D eigenvalue weighted by molar-refractivity contribution is 7.99. The Hall–Kier alpha value is -2.51. The molecule has 3 aromatic rings. The van der Waals surface area contributed by atoms with E-state index in [1.165, 1.54) is 11.8 Å². The standard InChI is InChI=1S/C22H26ClN5OS/c1-5-28-20(12-24-17-10-9-15(3)18(23)11-17)26-27-22(28)30-13-21(29)25-19-8-6-7-14(2)16(19)4/h6-11,24H,5,12-13H2,1-4H3,(H,25,29). The van der Waals surface area contributed by atoms with Gasteiger partial charge in [-0.25, -0.2) is 0 Å². The van der Waals surface area contributed by atoms with Crippen molar-refractivity contribution in [2.45, 2.75) is 45.9 Å². The SMILES string of the molecule is CCn1c(CNc2ccc(C)c(Cl)c2)nnc1SCC(=O)Nc1cccc(C)c1C. The van der Waals surface area contributed by atoms with Gasteiger partial charge in [-0.1, -0.05) is 41.6 Å². The lowest BCUT2D eigenvalue weighted by Gasteiger charge is -2.11. The quantitative estimate of drug-likeness (QED) is 0.467. The number of nitrogens with zero attached hydrogens (tertiary/aromatic N) is 3. The van der Waals surface area contributed by atoms with Crippen LogP contribution >= 0.6 is 23.4 Å². The smallest absolute Gasteiger partial charge is 0.234 e. The number of anilines is 2. The molecular formula is C22H26ClN5OS. The Morgan fingerprint density at radius 3 is 2.67 bits per heavy atom. The lowest BCUT2D eigenvalue weighted by atomic mass is 10.1. The highest BCUT2D eigenvalue weighted by Gasteiger charge is 2.14. The summed E-state index contributed by atoms with van der Waals surface area (Å²) in [6, 6.07) is 11.8. The number of benzene rings is 2. The first-order chi connectivity index (χ1) is 14.4. The predicted octanol–water partition coefficient (Wildman–Crippen LogP) is 5.22. The summed E-state index contributed by atoms with van der Waals surface area (Å²) in [7, 11) is 0. The van der Waals surface area contributed by atoms with Crippen molar-refractivity contribution in [1.82, 2.24) is 14.8 Å². The number of carbonyl (C=O) groups excluding carboxylic acids is 1. The summed E-state index contributed by atoms with van der Waals surface area (Å²) in [5, 5.41) is 16.3. The molecule has 3 rings (SSSR count). The summed E-state index contributed by atoms with van der Waals surface area (Å²) < 4.78 is 2.01. The summed E-state index contributed by atoms with van der Waals surface area (Å²) in [6.45, 7) is 9.29. The van der Waals surface area contributed by atoms with E-state index in [0.29, 0.717) is 6.54 Å². The van der Waals surface area contributed by atoms with Gasteiger partial charge in [-0.3, -0.25) is 4.79 Å². The molecule has 30 heavy (non-hydrogen) atoms. The maximum Gasteiger partial charge on any atom is 0.234 e. The number of rotatable bonds is 8. The maximum absolute atomic E-state index is 12.4. The topological polar surface area (TPSA) is 71.8 Å². The Morgan fingerprint density at radius 2 is 1.93 bits per heavy atom. The number of nitrogens with one attached hydrogen (secondary N) is 2. The first-order valence-corrected chi connectivity index (χ1v) is 11.2. The van der Waals surface area contributed by atoms with Gasteiger partial charge in [0.2, 0.25) is 5.91 Å². The average Bonchev–Trinajstić information content (AvgIpc) is 3.12. The van der Waals surface area contributed by atoms with Crippen molar-refractivity contribution >= 4 is 40.6 Å². The van der Waals surface area contributed by atoms with Gasteiger partial charge >= 0.3 is 0 Å². The van der Waals surface area contributed by atoms with Crippen LogP contribution in [0.5, 0.6) is 0 Å². The van der Waals surface area contributed by atoms with Crippen LogP contribution in [0.2, 0.25) is 5.02 Å². The average molecular weight is 444 g/mol. The number of carbonyl (C=O) groups is 1. The molecule has 2 aromatic carbocycles. The monoisotopic (exact) mass is 443 g/mol. The van der Waals surface area contributed by atoms with Crippen LogP contribution in [0, 0.1) is 20.8 Å². The van der Waals surface area contributed by atoms with Crippen molar-refractivity contribution in [2.24, 2.45) is 0 Å². The van der Waals surface area contributed by atoms with Crippen LogP contribution in [-0.2, 0) is 17.9 Å². The minimum absolute atomic E-state index is 0.0617. The molecule has 0 saturated carbocycles. The van der Waals surface area contributed by atoms with Gasteiger partial charge in [-0.2, -0.15) is 0 Å². The fourth-order valence-corrected chi connectivity index (χ4v) is 3.96. The number of hydrogen-bond acceptors (Lipinski definition) is 5. The first kappa shape index (κ1) is 22.2. The third kappa shape index (κ3) is 5.34. The number of aryl methyl sites for hydroxylation is 2. The van der Waals surface area contributed by atoms with Crippen molar-refractivity contribution in [2.75, 3.05) is 16.4 Å². The molecule has 0 bridgehead atoms. The zero-order valence-corrected chi connectivity index (χ0v) is 19.2. The molecule has 0 aliphatic rings. The lowest BCUT2D eigenvalue weighted by molar-refractivity contribution is -0.113. The normalized spacial score (nSPS) is 10.8. The second kappa shape index (κ2) is 10.00. The number of hydrogen-bond donors (Lipinski definition) is 2. The van der Waals surface area contributed by atoms with E-state index in [0.717, 1.165) is 50.6 Å². The molecule has 6 nitrogen and oxygen atoms in total. The second-order valence-electron chi connectivity index (χ2n) is 7.04. The largest absolute Gasteiger partial charge is 0.378 e. The molecule has 8 heteroatoms. The summed E-state index contributed by atoms with van der Waals surface area (Å²) >= 11 is 7.58. The van der Waals surface area contributed by atoms with E-state index in [2.05, 4.69) is 20.8 Å². The van der Waals surface area contributed by atoms with E-state index in [1.54, 1.807) is 0 Å². The van der Waals surface area contributed by atoms with Crippen LogP contribution in [0.3, 0.4) is 0 Å². The molecule has 0 aliphatic heterocycles. The van der Waals surface area contributed by atoms with Crippen LogP contribution in [0.4, 0.5) is 11.4 Å². The third-order valence-electron chi connectivity index (χ3n) is 4.94. The molecule has 158 valence electrons. The summed E-state index contributed by atoms with van der Waals surface area (Å²) in [6.07, 6.45) is 0. The van der Waals surface area contributed by atoms with Gasteiger partial charge in [0, 0.05) is 22.9 Å². The van der Waals surface area contributed by atoms with Gasteiger partial charge in [0.05, 0.1) is 12.3 Å². The predicted molar refractivity (Wildman–Crippen MR) is 124 cm³/mol. The Kier molecular flexibility index (Phi) is 7.39. The molecule has 0 atom stereocenters. The molecule has 1 aromatic heterocycles. The van der Waals surface area contributed by atoms with Gasteiger partial charge < -0.3 is 15.2 Å². The van der Waals surface area contributed by atoms with Crippen molar-refractivity contribution < 1.29 is 4.79 Å². The molecule has 1 heterocycles. The molecule has 0 saturated heterocycles. The third-order valence-corrected chi connectivity index (χ3v) is 6.32. The Balaban J connectivity index is 1.60. The van der Waals surface area contributed by atoms with E-state index in [1.807, 2.05) is 68.7 Å². The number of halogens is 1. The molecule has 0 unspecified atom stereocenters. The molecule has 0 fully saturated rings. The minimum atomic E-state index is -0.0617. The first-order valence-electron chi connectivity index (χ1n) is 9.80. The van der Waals surface area contributed by atoms with Crippen molar-refractivity contribution in [3.05, 3.63) is 63.9 Å². The van der Waals surface area contributed by atoms with Crippen molar-refractivity contribution in [3.63, 3.8) is 0 Å². The van der Waals surface area contributed by atoms with Crippen LogP contribution in [0.15, 0.2) is 41.6 Å². The van der Waals surface area contributed by atoms with Crippen molar-refractivity contribution in [1.29, 1.82) is 0 Å². The maximum atomic E-state index is 12.4. The Bertz CT molecular complexity index is 1050. The number of aromatic nitrogens is 3. The van der Waals surface area contributed by atoms with E-state index >= 15 is 0 Å². The van der Waals surface area contributed by atoms with Gasteiger partial charge in [0.25, 0.3) is 0 Å². The lowest BCUT2D eigenvalue weighted by Crippen LogP contribution is -2.16. The van der Waals surface area contributed by atoms with Gasteiger partial charge in [-0.15, -0.1) is 10.2 Å². The zero-order valence-electron chi connectivity index (χ0n) is 17.6. The van der Waals surface area contributed by atoms with Crippen LogP contribution in [-0.4, -0.2) is 26.4 Å². The van der Waals surface area contributed by atoms with Gasteiger partial charge in [0.15, 0.2) is 11.0 Å². The van der Waals surface area contributed by atoms with E-state index in [4.69, 9.17) is 11.6 Å². The molecule has 0 radical (unpaired) electrons. The minimum Gasteiger partial charge on any atom is -0.378 e. The zero-order chi connectivity index (χ0) is 21.7. The fraction of sp³-hybridized carbons (Fsp3) is 0.318. The summed E-state index contributed by atoms with van der Waals surface area (Å²) in [5.41, 5.74) is 5.05. The van der Waals surface area contributed by atoms with Gasteiger partial charge in [-0.05, 0) is 62.6 Å². The van der Waals surface area contributed by atoms with Crippen LogP contribution in [0.25, 0.3) is 0 Å². The molecule has 2 N–H and O–H groups in total. The van der Waals surface area contributed by atoms with Gasteiger partial charge in [0.1, 0.15) is 0 Å². The summed E-state index contributed by atoms with van der Waals surface area (Å²) in [5.74, 6) is 1.02. The number of amides is 1. The second-order valence-corrected chi connectivity index (χ2v) is 8.39. The van der Waals surface area contributed by atoms with Crippen LogP contribution < -0.4 is 10.6 Å². The van der Waals surface area contributed by atoms with Crippen LogP contribution in [0.1, 0.15) is 29.4 Å². The molecule has 0 spiro atoms. The number of thioether (sulfide) groups is 1. The van der Waals surface area contributed by atoms with E-state index in [9.17, 15) is 4.79 Å². The van der Waals surface area contributed by atoms with E-state index < -0.39 is 0 Å². The highest BCUT2D eigenvalue weighted by atomic mass is 35.5. The molecule has 0 aliphatic carbocycles. The summed E-state index contributed by atoms with van der Waals surface area (Å²) in [4.78, 5) is 12.4.